The van der Waals surface area contributed by atoms with Crippen molar-refractivity contribution in [2.75, 3.05) is 0 Å². The number of fused-ring (bicyclic) bond motifs is 1. The van der Waals surface area contributed by atoms with Crippen LogP contribution in [0.1, 0.15) is 73.2 Å². The van der Waals surface area contributed by atoms with Crippen LogP contribution in [0.2, 0.25) is 0 Å². The van der Waals surface area contributed by atoms with Crippen LogP contribution in [0.25, 0.3) is 5.76 Å². The lowest BCUT2D eigenvalue weighted by Gasteiger charge is -2.35. The van der Waals surface area contributed by atoms with Crippen LogP contribution in [0.15, 0.2) is 54.1 Å². The molecule has 0 aromatic heterocycles. The Morgan fingerprint density at radius 3 is 2.29 bits per heavy atom. The molecule has 1 saturated carbocycles. The van der Waals surface area contributed by atoms with E-state index in [1.165, 1.54) is 24.0 Å². The second-order valence-electron chi connectivity index (χ2n) is 9.10. The molecule has 2 aliphatic carbocycles. The third-order valence-corrected chi connectivity index (χ3v) is 7.19. The van der Waals surface area contributed by atoms with Crippen LogP contribution in [0.3, 0.4) is 0 Å². The average Bonchev–Trinajstić information content (AvgIpc) is 3.10. The number of hydrogen-bond donors (Lipinski definition) is 1. The second kappa shape index (κ2) is 8.33. The first-order valence-corrected chi connectivity index (χ1v) is 11.6. The highest BCUT2D eigenvalue weighted by Crippen LogP contribution is 2.43. The lowest BCUT2D eigenvalue weighted by Crippen LogP contribution is -2.40. The van der Waals surface area contributed by atoms with Gasteiger partial charge in [0.2, 0.25) is 0 Å². The summed E-state index contributed by atoms with van der Waals surface area (Å²) >= 11 is 0. The molecule has 1 amide bonds. The van der Waals surface area contributed by atoms with Crippen LogP contribution in [0.4, 0.5) is 0 Å². The Kier molecular flexibility index (Phi) is 5.39. The van der Waals surface area contributed by atoms with Gasteiger partial charge in [0.25, 0.3) is 11.7 Å². The van der Waals surface area contributed by atoms with Crippen molar-refractivity contribution in [2.24, 2.45) is 0 Å². The first kappa shape index (κ1) is 20.0. The highest BCUT2D eigenvalue weighted by molar-refractivity contribution is 6.46. The molecule has 5 rings (SSSR count). The summed E-state index contributed by atoms with van der Waals surface area (Å²) in [5.74, 6) is -1.08. The minimum Gasteiger partial charge on any atom is -0.507 e. The Morgan fingerprint density at radius 2 is 1.55 bits per heavy atom. The lowest BCUT2D eigenvalue weighted by molar-refractivity contribution is -0.141. The van der Waals surface area contributed by atoms with Gasteiger partial charge in [-0.05, 0) is 61.3 Å². The van der Waals surface area contributed by atoms with Gasteiger partial charge in [-0.15, -0.1) is 0 Å². The molecule has 1 heterocycles. The second-order valence-corrected chi connectivity index (χ2v) is 9.10. The number of amides is 1. The van der Waals surface area contributed by atoms with E-state index in [9.17, 15) is 14.7 Å². The van der Waals surface area contributed by atoms with E-state index in [2.05, 4.69) is 6.07 Å². The number of likely N-dealkylation sites (tertiary alicyclic amines) is 1. The van der Waals surface area contributed by atoms with Crippen molar-refractivity contribution in [1.29, 1.82) is 0 Å². The minimum atomic E-state index is -0.561. The van der Waals surface area contributed by atoms with Crippen molar-refractivity contribution in [3.63, 3.8) is 0 Å². The van der Waals surface area contributed by atoms with Gasteiger partial charge in [0.15, 0.2) is 0 Å². The van der Waals surface area contributed by atoms with Gasteiger partial charge >= 0.3 is 0 Å². The average molecular weight is 416 g/mol. The molecule has 1 N–H and O–H groups in total. The molecule has 3 aliphatic rings. The van der Waals surface area contributed by atoms with Gasteiger partial charge in [-0.1, -0.05) is 61.7 Å². The van der Waals surface area contributed by atoms with E-state index in [0.29, 0.717) is 5.56 Å². The van der Waals surface area contributed by atoms with E-state index in [-0.39, 0.29) is 17.4 Å². The molecular weight excluding hydrogens is 386 g/mol. The fourth-order valence-electron chi connectivity index (χ4n) is 5.58. The zero-order valence-corrected chi connectivity index (χ0v) is 17.8. The zero-order chi connectivity index (χ0) is 21.4. The number of nitrogens with zero attached hydrogens (tertiary/aromatic N) is 1. The highest BCUT2D eigenvalue weighted by Gasteiger charge is 2.48. The molecule has 0 radical (unpaired) electrons. The molecule has 1 atom stereocenters. The number of rotatable bonds is 3. The van der Waals surface area contributed by atoms with Crippen molar-refractivity contribution >= 4 is 17.4 Å². The number of aryl methyl sites for hydroxylation is 2. The van der Waals surface area contributed by atoms with Crippen LogP contribution >= 0.6 is 0 Å². The maximum Gasteiger partial charge on any atom is 0.295 e. The monoisotopic (exact) mass is 415 g/mol. The van der Waals surface area contributed by atoms with E-state index < -0.39 is 17.7 Å². The summed E-state index contributed by atoms with van der Waals surface area (Å²) < 4.78 is 0. The van der Waals surface area contributed by atoms with Crippen LogP contribution < -0.4 is 0 Å². The maximum atomic E-state index is 13.2. The summed E-state index contributed by atoms with van der Waals surface area (Å²) in [4.78, 5) is 28.2. The minimum absolute atomic E-state index is 0.0427. The predicted molar refractivity (Wildman–Crippen MR) is 121 cm³/mol. The van der Waals surface area contributed by atoms with Gasteiger partial charge in [0, 0.05) is 11.6 Å². The molecule has 160 valence electrons. The van der Waals surface area contributed by atoms with Crippen LogP contribution in [0, 0.1) is 0 Å². The molecule has 4 heteroatoms. The molecule has 1 aliphatic heterocycles. The number of hydrogen-bond acceptors (Lipinski definition) is 3. The quantitative estimate of drug-likeness (QED) is 0.419. The summed E-state index contributed by atoms with van der Waals surface area (Å²) in [6, 6.07) is 15.2. The number of Topliss-reactive ketones (excluding diaryl/α,β-unsaturated/α-hetero) is 1. The molecule has 31 heavy (non-hydrogen) atoms. The first-order chi connectivity index (χ1) is 15.1. The molecule has 0 spiro atoms. The predicted octanol–water partition coefficient (Wildman–Crippen LogP) is 5.32. The fraction of sp³-hybridized carbons (Fsp3) is 0.407. The lowest BCUT2D eigenvalue weighted by atomic mass is 9.88. The van der Waals surface area contributed by atoms with E-state index in [1.54, 1.807) is 4.90 Å². The van der Waals surface area contributed by atoms with E-state index in [0.717, 1.165) is 50.5 Å². The summed E-state index contributed by atoms with van der Waals surface area (Å²) in [6.45, 7) is 0. The topological polar surface area (TPSA) is 57.6 Å². The number of aliphatic hydroxyl groups excluding tert-OH is 1. The third kappa shape index (κ3) is 3.58. The Bertz CT molecular complexity index is 1030. The molecule has 1 unspecified atom stereocenters. The van der Waals surface area contributed by atoms with Crippen molar-refractivity contribution < 1.29 is 14.7 Å². The van der Waals surface area contributed by atoms with E-state index >= 15 is 0 Å². The summed E-state index contributed by atoms with van der Waals surface area (Å²) in [5, 5.41) is 11.3. The molecule has 2 aromatic rings. The fourth-order valence-corrected chi connectivity index (χ4v) is 5.58. The van der Waals surface area contributed by atoms with Gasteiger partial charge < -0.3 is 10.0 Å². The molecule has 2 aromatic carbocycles. The van der Waals surface area contributed by atoms with Gasteiger partial charge in [-0.25, -0.2) is 0 Å². The van der Waals surface area contributed by atoms with E-state index in [1.807, 2.05) is 42.5 Å². The van der Waals surface area contributed by atoms with Crippen molar-refractivity contribution in [2.45, 2.75) is 69.9 Å². The Labute approximate surface area is 183 Å². The van der Waals surface area contributed by atoms with Gasteiger partial charge in [-0.3, -0.25) is 9.59 Å². The van der Waals surface area contributed by atoms with Crippen molar-refractivity contribution in [3.8, 4) is 0 Å². The highest BCUT2D eigenvalue weighted by atomic mass is 16.3. The molecule has 2 fully saturated rings. The summed E-state index contributed by atoms with van der Waals surface area (Å²) in [5.41, 5.74) is 4.32. The summed E-state index contributed by atoms with van der Waals surface area (Å²) in [7, 11) is 0. The molecule has 4 nitrogen and oxygen atoms in total. The van der Waals surface area contributed by atoms with Crippen molar-refractivity contribution in [3.05, 3.63) is 76.4 Å². The van der Waals surface area contributed by atoms with E-state index in [4.69, 9.17) is 0 Å². The van der Waals surface area contributed by atoms with Crippen LogP contribution in [0.5, 0.6) is 0 Å². The van der Waals surface area contributed by atoms with Crippen LogP contribution in [-0.4, -0.2) is 27.7 Å². The van der Waals surface area contributed by atoms with Crippen molar-refractivity contribution in [1.82, 2.24) is 4.90 Å². The Hall–Kier alpha value is -2.88. The number of carbonyl (C=O) groups excluding carboxylic acids is 2. The van der Waals surface area contributed by atoms with Crippen LogP contribution in [-0.2, 0) is 22.4 Å². The number of benzene rings is 2. The zero-order valence-electron chi connectivity index (χ0n) is 17.8. The van der Waals surface area contributed by atoms with Gasteiger partial charge in [-0.2, -0.15) is 0 Å². The number of ketones is 1. The standard InChI is InChI=1S/C27H29NO3/c29-25(21-16-15-18-9-7-8-12-20(18)17-21)23-24(19-10-3-1-4-11-19)28(27(31)26(23)30)22-13-5-2-6-14-22/h1,3-4,10-11,15-17,22,24,29H,2,5-9,12-14H2/b25-23-. The number of aliphatic hydroxyl groups is 1. The first-order valence-electron chi connectivity index (χ1n) is 11.6. The molecule has 0 bridgehead atoms. The Balaban J connectivity index is 1.63. The normalized spacial score (nSPS) is 23.7. The third-order valence-electron chi connectivity index (χ3n) is 7.19. The smallest absolute Gasteiger partial charge is 0.295 e. The maximum absolute atomic E-state index is 13.2. The molecular formula is C27H29NO3. The summed E-state index contributed by atoms with van der Waals surface area (Å²) in [6.07, 6.45) is 9.53. The Morgan fingerprint density at radius 1 is 0.839 bits per heavy atom. The van der Waals surface area contributed by atoms with Gasteiger partial charge in [0.1, 0.15) is 5.76 Å². The SMILES string of the molecule is O=C1C(=O)N(C2CCCCC2)C(c2ccccc2)/C1=C(/O)c1ccc2c(c1)CCCC2. The molecule has 1 saturated heterocycles. The van der Waals surface area contributed by atoms with Gasteiger partial charge in [0.05, 0.1) is 11.6 Å². The largest absolute Gasteiger partial charge is 0.507 e. The number of carbonyl (C=O) groups is 2.